The molecule has 0 radical (unpaired) electrons. The van der Waals surface area contributed by atoms with E-state index in [1.54, 1.807) is 18.0 Å². The van der Waals surface area contributed by atoms with Crippen LogP contribution in [-0.4, -0.2) is 49.4 Å². The van der Waals surface area contributed by atoms with Crippen molar-refractivity contribution in [2.45, 2.75) is 27.2 Å². The molecular weight excluding hydrogens is 308 g/mol. The van der Waals surface area contributed by atoms with E-state index >= 15 is 0 Å². The number of likely N-dealkylation sites (N-methyl/N-ethyl adjacent to an activating group) is 1. The Labute approximate surface area is 142 Å². The van der Waals surface area contributed by atoms with Gasteiger partial charge in [0.2, 0.25) is 11.8 Å². The highest BCUT2D eigenvalue weighted by atomic mass is 16.2. The van der Waals surface area contributed by atoms with Crippen molar-refractivity contribution in [1.82, 2.24) is 15.5 Å². The largest absolute Gasteiger partial charge is 0.355 e. The van der Waals surface area contributed by atoms with Gasteiger partial charge in [0.1, 0.15) is 0 Å². The molecule has 0 saturated heterocycles. The Hall–Kier alpha value is -2.41. The molecule has 0 saturated carbocycles. The maximum atomic E-state index is 11.9. The van der Waals surface area contributed by atoms with Crippen LogP contribution in [0.4, 0.5) is 10.5 Å². The van der Waals surface area contributed by atoms with Gasteiger partial charge in [-0.3, -0.25) is 19.8 Å². The van der Waals surface area contributed by atoms with Gasteiger partial charge in [-0.1, -0.05) is 24.6 Å². The lowest BCUT2D eigenvalue weighted by Gasteiger charge is -2.16. The van der Waals surface area contributed by atoms with E-state index in [0.717, 1.165) is 17.5 Å². The van der Waals surface area contributed by atoms with Gasteiger partial charge in [0, 0.05) is 12.2 Å². The van der Waals surface area contributed by atoms with Crippen LogP contribution >= 0.6 is 0 Å². The Balaban J connectivity index is 2.41. The number of carbonyl (C=O) groups excluding carboxylic acids is 3. The first kappa shape index (κ1) is 19.6. The molecule has 0 aliphatic heterocycles. The lowest BCUT2D eigenvalue weighted by atomic mass is 10.1. The van der Waals surface area contributed by atoms with E-state index in [9.17, 15) is 14.4 Å². The predicted molar refractivity (Wildman–Crippen MR) is 93.9 cm³/mol. The number of urea groups is 1. The number of hydrogen-bond donors (Lipinski definition) is 3. The summed E-state index contributed by atoms with van der Waals surface area (Å²) in [6.45, 7) is 6.48. The molecule has 7 heteroatoms. The molecule has 0 aliphatic carbocycles. The third kappa shape index (κ3) is 7.23. The second-order valence-corrected chi connectivity index (χ2v) is 5.84. The molecule has 0 heterocycles. The monoisotopic (exact) mass is 334 g/mol. The molecule has 0 atom stereocenters. The van der Waals surface area contributed by atoms with Crippen molar-refractivity contribution >= 4 is 23.5 Å². The highest BCUT2D eigenvalue weighted by Crippen LogP contribution is 2.15. The van der Waals surface area contributed by atoms with Gasteiger partial charge in [0.05, 0.1) is 13.1 Å². The second kappa shape index (κ2) is 9.67. The van der Waals surface area contributed by atoms with E-state index in [4.69, 9.17) is 0 Å². The number of anilines is 1. The SMILES string of the molecule is CCCNC(=O)CN(C)CC(=O)NC(=O)Nc1ccc(C)cc1C. The van der Waals surface area contributed by atoms with Gasteiger partial charge in [-0.15, -0.1) is 0 Å². The summed E-state index contributed by atoms with van der Waals surface area (Å²) < 4.78 is 0. The van der Waals surface area contributed by atoms with E-state index in [1.807, 2.05) is 32.9 Å². The average Bonchev–Trinajstić information content (AvgIpc) is 2.47. The van der Waals surface area contributed by atoms with Crippen molar-refractivity contribution < 1.29 is 14.4 Å². The smallest absolute Gasteiger partial charge is 0.325 e. The number of nitrogens with zero attached hydrogens (tertiary/aromatic N) is 1. The highest BCUT2D eigenvalue weighted by Gasteiger charge is 2.13. The fraction of sp³-hybridized carbons (Fsp3) is 0.471. The van der Waals surface area contributed by atoms with Gasteiger partial charge >= 0.3 is 6.03 Å². The zero-order chi connectivity index (χ0) is 18.1. The number of benzene rings is 1. The molecule has 0 spiro atoms. The highest BCUT2D eigenvalue weighted by molar-refractivity contribution is 6.02. The molecule has 0 fully saturated rings. The van der Waals surface area contributed by atoms with Crippen LogP contribution in [0.2, 0.25) is 0 Å². The summed E-state index contributed by atoms with van der Waals surface area (Å²) in [6, 6.07) is 5.03. The predicted octanol–water partition coefficient (Wildman–Crippen LogP) is 1.41. The van der Waals surface area contributed by atoms with Crippen molar-refractivity contribution in [1.29, 1.82) is 0 Å². The number of imide groups is 1. The maximum absolute atomic E-state index is 11.9. The van der Waals surface area contributed by atoms with Gasteiger partial charge in [-0.25, -0.2) is 4.79 Å². The number of aryl methyl sites for hydroxylation is 2. The van der Waals surface area contributed by atoms with Gasteiger partial charge in [-0.05, 0) is 38.9 Å². The summed E-state index contributed by atoms with van der Waals surface area (Å²) in [4.78, 5) is 36.8. The van der Waals surface area contributed by atoms with Crippen LogP contribution in [0.15, 0.2) is 18.2 Å². The molecule has 3 N–H and O–H groups in total. The summed E-state index contributed by atoms with van der Waals surface area (Å²) in [7, 11) is 1.65. The minimum atomic E-state index is -0.587. The van der Waals surface area contributed by atoms with Crippen LogP contribution in [0.25, 0.3) is 0 Å². The molecule has 0 bridgehead atoms. The standard InChI is InChI=1S/C17H26N4O3/c1-5-8-18-15(22)10-21(4)11-16(23)20-17(24)19-14-7-6-12(2)9-13(14)3/h6-7,9H,5,8,10-11H2,1-4H3,(H,18,22)(H2,19,20,23,24). The summed E-state index contributed by atoms with van der Waals surface area (Å²) in [6.07, 6.45) is 0.856. The van der Waals surface area contributed by atoms with Crippen molar-refractivity contribution in [3.8, 4) is 0 Å². The minimum Gasteiger partial charge on any atom is -0.355 e. The van der Waals surface area contributed by atoms with E-state index in [0.29, 0.717) is 12.2 Å². The van der Waals surface area contributed by atoms with Crippen LogP contribution in [-0.2, 0) is 9.59 Å². The van der Waals surface area contributed by atoms with E-state index in [-0.39, 0.29) is 19.0 Å². The van der Waals surface area contributed by atoms with Gasteiger partial charge in [0.25, 0.3) is 0 Å². The Morgan fingerprint density at radius 2 is 1.75 bits per heavy atom. The maximum Gasteiger partial charge on any atom is 0.325 e. The van der Waals surface area contributed by atoms with Crippen LogP contribution in [0.5, 0.6) is 0 Å². The minimum absolute atomic E-state index is 0.0418. The lowest BCUT2D eigenvalue weighted by Crippen LogP contribution is -2.43. The average molecular weight is 334 g/mol. The third-order valence-corrected chi connectivity index (χ3v) is 3.28. The summed E-state index contributed by atoms with van der Waals surface area (Å²) in [5.74, 6) is -0.616. The quantitative estimate of drug-likeness (QED) is 0.703. The van der Waals surface area contributed by atoms with E-state index in [1.165, 1.54) is 0 Å². The first-order chi connectivity index (χ1) is 11.3. The molecule has 1 aromatic rings. The summed E-state index contributed by atoms with van der Waals surface area (Å²) >= 11 is 0. The number of amides is 4. The fourth-order valence-electron chi connectivity index (χ4n) is 2.14. The van der Waals surface area contributed by atoms with E-state index in [2.05, 4.69) is 16.0 Å². The van der Waals surface area contributed by atoms with Crippen LogP contribution in [0, 0.1) is 13.8 Å². The molecule has 0 aliphatic rings. The van der Waals surface area contributed by atoms with Crippen LogP contribution in [0.3, 0.4) is 0 Å². The zero-order valence-corrected chi connectivity index (χ0v) is 14.7. The van der Waals surface area contributed by atoms with Gasteiger partial charge in [0.15, 0.2) is 0 Å². The molecule has 1 rings (SSSR count). The lowest BCUT2D eigenvalue weighted by molar-refractivity contribution is -0.124. The molecule has 24 heavy (non-hydrogen) atoms. The molecule has 132 valence electrons. The summed E-state index contributed by atoms with van der Waals surface area (Å²) in [5.41, 5.74) is 2.66. The molecule has 7 nitrogen and oxygen atoms in total. The number of rotatable bonds is 7. The third-order valence-electron chi connectivity index (χ3n) is 3.28. The zero-order valence-electron chi connectivity index (χ0n) is 14.7. The topological polar surface area (TPSA) is 90.5 Å². The number of hydrogen-bond acceptors (Lipinski definition) is 4. The van der Waals surface area contributed by atoms with Crippen molar-refractivity contribution in [3.05, 3.63) is 29.3 Å². The molecule has 0 unspecified atom stereocenters. The van der Waals surface area contributed by atoms with Crippen LogP contribution < -0.4 is 16.0 Å². The first-order valence-corrected chi connectivity index (χ1v) is 7.95. The normalized spacial score (nSPS) is 10.4. The van der Waals surface area contributed by atoms with Crippen molar-refractivity contribution in [2.24, 2.45) is 0 Å². The second-order valence-electron chi connectivity index (χ2n) is 5.84. The molecule has 1 aromatic carbocycles. The Morgan fingerprint density at radius 1 is 1.08 bits per heavy atom. The fourth-order valence-corrected chi connectivity index (χ4v) is 2.14. The van der Waals surface area contributed by atoms with Crippen LogP contribution in [0.1, 0.15) is 24.5 Å². The van der Waals surface area contributed by atoms with Gasteiger partial charge in [-0.2, -0.15) is 0 Å². The van der Waals surface area contributed by atoms with Gasteiger partial charge < -0.3 is 10.6 Å². The molecule has 4 amide bonds. The van der Waals surface area contributed by atoms with E-state index < -0.39 is 11.9 Å². The number of carbonyl (C=O) groups is 3. The Bertz CT molecular complexity index is 601. The van der Waals surface area contributed by atoms with Crippen molar-refractivity contribution in [2.75, 3.05) is 32.0 Å². The molecular formula is C17H26N4O3. The summed E-state index contributed by atoms with van der Waals surface area (Å²) in [5, 5.41) is 7.63. The first-order valence-electron chi connectivity index (χ1n) is 7.95. The Kier molecular flexibility index (Phi) is 7.91. The van der Waals surface area contributed by atoms with Crippen molar-refractivity contribution in [3.63, 3.8) is 0 Å². The Morgan fingerprint density at radius 3 is 2.38 bits per heavy atom. The number of nitrogens with one attached hydrogen (secondary N) is 3. The molecule has 0 aromatic heterocycles.